The number of nitrogens with zero attached hydrogens (tertiary/aromatic N) is 5. The van der Waals surface area contributed by atoms with Crippen molar-refractivity contribution in [2.75, 3.05) is 6.26 Å². The molecule has 0 spiro atoms. The molecule has 1 aromatic carbocycles. The Hall–Kier alpha value is -4.75. The van der Waals surface area contributed by atoms with Crippen LogP contribution < -0.4 is 4.72 Å². The maximum absolute atomic E-state index is 14.5. The van der Waals surface area contributed by atoms with Crippen LogP contribution in [0.25, 0.3) is 55.8 Å². The molecule has 6 rings (SSSR count). The van der Waals surface area contributed by atoms with Gasteiger partial charge in [0.2, 0.25) is 10.0 Å². The molecule has 0 amide bonds. The highest BCUT2D eigenvalue weighted by atomic mass is 32.2. The first-order valence-corrected chi connectivity index (χ1v) is 13.2. The molecule has 0 saturated heterocycles. The molecule has 11 nitrogen and oxygen atoms in total. The van der Waals surface area contributed by atoms with E-state index in [4.69, 9.17) is 4.98 Å². The third kappa shape index (κ3) is 4.55. The minimum Gasteiger partial charge on any atom is -0.506 e. The summed E-state index contributed by atoms with van der Waals surface area (Å²) in [6, 6.07) is 7.70. The number of aromatic amines is 2. The number of aromatic hydroxyl groups is 1. The lowest BCUT2D eigenvalue weighted by Crippen LogP contribution is -2.21. The van der Waals surface area contributed by atoms with Gasteiger partial charge in [-0.2, -0.15) is 5.10 Å². The first-order chi connectivity index (χ1) is 18.2. The standard InChI is InChI=1S/C25H19FN8O3S/c1-38(36,37)30-7-13-2-14(4-16(26)3-13)19-10-28-11-22-23(19)32-25(31-22)24-18-6-20(29-12-21(18)33-34-24)15-5-17(35)9-27-8-15/h2-6,8-12,30,35H,7H2,1H3,(H,31,32)(H,33,34). The summed E-state index contributed by atoms with van der Waals surface area (Å²) in [4.78, 5) is 20.7. The van der Waals surface area contributed by atoms with Crippen LogP contribution in [0.15, 0.2) is 61.3 Å². The molecule has 0 atom stereocenters. The van der Waals surface area contributed by atoms with E-state index < -0.39 is 15.8 Å². The Labute approximate surface area is 214 Å². The van der Waals surface area contributed by atoms with Crippen LogP contribution in [0.5, 0.6) is 5.75 Å². The number of aromatic nitrogens is 7. The molecule has 5 aromatic heterocycles. The van der Waals surface area contributed by atoms with Gasteiger partial charge in [-0.15, -0.1) is 0 Å². The van der Waals surface area contributed by atoms with Crippen LogP contribution in [0.2, 0.25) is 0 Å². The van der Waals surface area contributed by atoms with E-state index in [1.54, 1.807) is 36.9 Å². The van der Waals surface area contributed by atoms with E-state index in [2.05, 4.69) is 34.9 Å². The summed E-state index contributed by atoms with van der Waals surface area (Å²) in [5.41, 5.74) is 5.14. The molecule has 4 N–H and O–H groups in total. The SMILES string of the molecule is CS(=O)(=O)NCc1cc(F)cc(-c2cncc3[nH]c(-c4n[nH]c5cnc(-c6cncc(O)c6)cc45)nc23)c1. The zero-order valence-electron chi connectivity index (χ0n) is 19.8. The van der Waals surface area contributed by atoms with Crippen LogP contribution in [-0.4, -0.2) is 54.9 Å². The Morgan fingerprint density at radius 3 is 2.63 bits per heavy atom. The van der Waals surface area contributed by atoms with E-state index in [-0.39, 0.29) is 12.3 Å². The molecular formula is C25H19FN8O3S. The lowest BCUT2D eigenvalue weighted by molar-refractivity contribution is 0.473. The van der Waals surface area contributed by atoms with Gasteiger partial charge in [0.15, 0.2) is 5.82 Å². The molecule has 190 valence electrons. The number of imidazole rings is 1. The van der Waals surface area contributed by atoms with Crippen LogP contribution in [-0.2, 0) is 16.6 Å². The molecule has 13 heteroatoms. The van der Waals surface area contributed by atoms with Crippen molar-refractivity contribution < 1.29 is 17.9 Å². The number of pyridine rings is 3. The van der Waals surface area contributed by atoms with E-state index in [0.717, 1.165) is 11.6 Å². The van der Waals surface area contributed by atoms with Crippen LogP contribution in [0.3, 0.4) is 0 Å². The van der Waals surface area contributed by atoms with Gasteiger partial charge in [0.1, 0.15) is 17.3 Å². The van der Waals surface area contributed by atoms with E-state index in [1.165, 1.54) is 18.3 Å². The summed E-state index contributed by atoms with van der Waals surface area (Å²) in [6.45, 7) is -0.0524. The molecule has 0 aliphatic carbocycles. The van der Waals surface area contributed by atoms with E-state index in [9.17, 15) is 17.9 Å². The molecule has 6 aromatic rings. The van der Waals surface area contributed by atoms with Crippen molar-refractivity contribution in [3.8, 4) is 39.7 Å². The second-order valence-electron chi connectivity index (χ2n) is 8.73. The predicted molar refractivity (Wildman–Crippen MR) is 139 cm³/mol. The summed E-state index contributed by atoms with van der Waals surface area (Å²) in [5, 5.41) is 17.9. The van der Waals surface area contributed by atoms with Crippen LogP contribution in [0.4, 0.5) is 4.39 Å². The fourth-order valence-electron chi connectivity index (χ4n) is 4.20. The highest BCUT2D eigenvalue weighted by Crippen LogP contribution is 2.33. The highest BCUT2D eigenvalue weighted by Gasteiger charge is 2.17. The third-order valence-electron chi connectivity index (χ3n) is 5.89. The van der Waals surface area contributed by atoms with Gasteiger partial charge in [0.05, 0.1) is 47.1 Å². The number of rotatable bonds is 6. The minimum absolute atomic E-state index is 0.0294. The quantitative estimate of drug-likeness (QED) is 0.254. The Bertz CT molecular complexity index is 1950. The van der Waals surface area contributed by atoms with Gasteiger partial charge in [0, 0.05) is 35.5 Å². The molecule has 0 fully saturated rings. The van der Waals surface area contributed by atoms with Gasteiger partial charge in [-0.25, -0.2) is 22.5 Å². The van der Waals surface area contributed by atoms with Crippen molar-refractivity contribution in [1.29, 1.82) is 0 Å². The molecule has 0 unspecified atom stereocenters. The number of nitrogens with one attached hydrogen (secondary N) is 3. The second kappa shape index (κ2) is 8.97. The van der Waals surface area contributed by atoms with Crippen molar-refractivity contribution in [3.63, 3.8) is 0 Å². The monoisotopic (exact) mass is 530 g/mol. The average Bonchev–Trinajstić information content (AvgIpc) is 3.50. The van der Waals surface area contributed by atoms with Gasteiger partial charge >= 0.3 is 0 Å². The number of hydrogen-bond donors (Lipinski definition) is 4. The Balaban J connectivity index is 1.43. The Morgan fingerprint density at radius 1 is 0.974 bits per heavy atom. The van der Waals surface area contributed by atoms with Crippen LogP contribution in [0, 0.1) is 5.82 Å². The van der Waals surface area contributed by atoms with Gasteiger partial charge in [-0.3, -0.25) is 20.1 Å². The van der Waals surface area contributed by atoms with E-state index in [0.29, 0.717) is 56.0 Å². The summed E-state index contributed by atoms with van der Waals surface area (Å²) >= 11 is 0. The number of hydrogen-bond acceptors (Lipinski definition) is 8. The molecule has 0 aliphatic rings. The molecule has 0 bridgehead atoms. The summed E-state index contributed by atoms with van der Waals surface area (Å²) < 4.78 is 39.8. The van der Waals surface area contributed by atoms with Gasteiger partial charge < -0.3 is 10.1 Å². The maximum atomic E-state index is 14.5. The fraction of sp³-hybridized carbons (Fsp3) is 0.0800. The molecule has 0 radical (unpaired) electrons. The van der Waals surface area contributed by atoms with Crippen molar-refractivity contribution in [3.05, 3.63) is 72.7 Å². The first-order valence-electron chi connectivity index (χ1n) is 11.3. The predicted octanol–water partition coefficient (Wildman–Crippen LogP) is 3.52. The normalized spacial score (nSPS) is 11.9. The van der Waals surface area contributed by atoms with Crippen molar-refractivity contribution in [1.82, 2.24) is 39.8 Å². The number of benzene rings is 1. The largest absolute Gasteiger partial charge is 0.506 e. The van der Waals surface area contributed by atoms with E-state index in [1.807, 2.05) is 6.07 Å². The molecule has 0 aliphatic heterocycles. The zero-order valence-corrected chi connectivity index (χ0v) is 20.6. The summed E-state index contributed by atoms with van der Waals surface area (Å²) in [5.74, 6) is -0.0240. The first kappa shape index (κ1) is 23.6. The lowest BCUT2D eigenvalue weighted by Gasteiger charge is -2.07. The van der Waals surface area contributed by atoms with Crippen molar-refractivity contribution in [2.45, 2.75) is 6.54 Å². The molecular weight excluding hydrogens is 511 g/mol. The lowest BCUT2D eigenvalue weighted by atomic mass is 10.0. The van der Waals surface area contributed by atoms with Gasteiger partial charge in [0.25, 0.3) is 0 Å². The number of halogens is 1. The number of fused-ring (bicyclic) bond motifs is 2. The smallest absolute Gasteiger partial charge is 0.209 e. The Morgan fingerprint density at radius 2 is 1.82 bits per heavy atom. The van der Waals surface area contributed by atoms with Crippen molar-refractivity contribution in [2.24, 2.45) is 0 Å². The van der Waals surface area contributed by atoms with Crippen LogP contribution >= 0.6 is 0 Å². The van der Waals surface area contributed by atoms with Gasteiger partial charge in [-0.05, 0) is 41.5 Å². The molecule has 0 saturated carbocycles. The maximum Gasteiger partial charge on any atom is 0.209 e. The van der Waals surface area contributed by atoms with E-state index >= 15 is 0 Å². The fourth-order valence-corrected chi connectivity index (χ4v) is 4.63. The third-order valence-corrected chi connectivity index (χ3v) is 6.56. The van der Waals surface area contributed by atoms with Crippen LogP contribution in [0.1, 0.15) is 5.56 Å². The second-order valence-corrected chi connectivity index (χ2v) is 10.6. The van der Waals surface area contributed by atoms with Gasteiger partial charge in [-0.1, -0.05) is 0 Å². The number of H-pyrrole nitrogens is 2. The summed E-state index contributed by atoms with van der Waals surface area (Å²) in [7, 11) is -3.44. The summed E-state index contributed by atoms with van der Waals surface area (Å²) in [6.07, 6.45) is 8.82. The average molecular weight is 531 g/mol. The minimum atomic E-state index is -3.44. The molecule has 5 heterocycles. The topological polar surface area (TPSA) is 162 Å². The van der Waals surface area contributed by atoms with Crippen molar-refractivity contribution >= 4 is 32.0 Å². The Kier molecular flexibility index (Phi) is 5.58. The zero-order chi connectivity index (χ0) is 26.4. The highest BCUT2D eigenvalue weighted by molar-refractivity contribution is 7.88. The number of sulfonamides is 1. The molecule has 38 heavy (non-hydrogen) atoms.